The quantitative estimate of drug-likeness (QED) is 0.779. The maximum Gasteiger partial charge on any atom is 0.319 e. The number of ketones is 1. The summed E-state index contributed by atoms with van der Waals surface area (Å²) >= 11 is 0. The van der Waals surface area contributed by atoms with E-state index in [4.69, 9.17) is 5.11 Å². The maximum atomic E-state index is 11.5. The second kappa shape index (κ2) is 5.58. The van der Waals surface area contributed by atoms with Gasteiger partial charge in [0, 0.05) is 12.4 Å². The Morgan fingerprint density at radius 2 is 2.06 bits per heavy atom. The highest BCUT2D eigenvalue weighted by Gasteiger charge is 2.30. The molecule has 0 saturated heterocycles. The van der Waals surface area contributed by atoms with Gasteiger partial charge in [0.05, 0.1) is 5.56 Å². The van der Waals surface area contributed by atoms with E-state index in [2.05, 4.69) is 9.98 Å². The van der Waals surface area contributed by atoms with Crippen molar-refractivity contribution < 1.29 is 14.7 Å². The zero-order chi connectivity index (χ0) is 10.1. The van der Waals surface area contributed by atoms with Crippen molar-refractivity contribution in [2.45, 2.75) is 0 Å². The topological polar surface area (TPSA) is 79.6 Å². The van der Waals surface area contributed by atoms with Gasteiger partial charge in [0.15, 0.2) is 17.5 Å². The first-order chi connectivity index (χ1) is 6.70. The van der Waals surface area contributed by atoms with Crippen LogP contribution < -0.4 is 0 Å². The summed E-state index contributed by atoms with van der Waals surface area (Å²) in [5, 5.41) is 8.70. The van der Waals surface area contributed by atoms with E-state index in [1.165, 1.54) is 12.3 Å². The van der Waals surface area contributed by atoms with Gasteiger partial charge in [-0.1, -0.05) is 0 Å². The highest BCUT2D eigenvalue weighted by molar-refractivity contribution is 6.21. The average molecular weight is 263 g/mol. The van der Waals surface area contributed by atoms with E-state index in [1.807, 2.05) is 0 Å². The Labute approximate surface area is 103 Å². The number of fused-ring (bicyclic) bond motifs is 1. The predicted octanol–water partition coefficient (Wildman–Crippen LogP) is 1.52. The molecule has 86 valence electrons. The Morgan fingerprint density at radius 1 is 1.38 bits per heavy atom. The van der Waals surface area contributed by atoms with Gasteiger partial charge >= 0.3 is 5.97 Å². The third-order valence-corrected chi connectivity index (χ3v) is 1.95. The summed E-state index contributed by atoms with van der Waals surface area (Å²) in [7, 11) is 0. The average Bonchev–Trinajstić information content (AvgIpc) is 2.18. The molecule has 0 radical (unpaired) electrons. The molecule has 1 aromatic rings. The van der Waals surface area contributed by atoms with Crippen LogP contribution in [0.15, 0.2) is 23.3 Å². The number of hydrogen-bond donors (Lipinski definition) is 1. The molecule has 2 rings (SSSR count). The SMILES string of the molecule is Cl.Cl.O=C(O)C1C=Nc2ncccc2C1=O. The van der Waals surface area contributed by atoms with Crippen LogP contribution in [0.5, 0.6) is 0 Å². The highest BCUT2D eigenvalue weighted by Crippen LogP contribution is 2.23. The van der Waals surface area contributed by atoms with Crippen molar-refractivity contribution in [3.05, 3.63) is 23.9 Å². The van der Waals surface area contributed by atoms with E-state index in [0.29, 0.717) is 0 Å². The third kappa shape index (κ3) is 2.37. The molecule has 1 atom stereocenters. The second-order valence-corrected chi connectivity index (χ2v) is 2.83. The first-order valence-electron chi connectivity index (χ1n) is 3.96. The number of hydrogen-bond acceptors (Lipinski definition) is 4. The van der Waals surface area contributed by atoms with E-state index in [9.17, 15) is 9.59 Å². The highest BCUT2D eigenvalue weighted by atomic mass is 35.5. The van der Waals surface area contributed by atoms with Crippen LogP contribution in [-0.4, -0.2) is 28.1 Å². The molecule has 0 fully saturated rings. The molecule has 1 N–H and O–H groups in total. The summed E-state index contributed by atoms with van der Waals surface area (Å²) in [4.78, 5) is 29.8. The molecule has 0 aliphatic carbocycles. The Kier molecular flexibility index (Phi) is 5.07. The lowest BCUT2D eigenvalue weighted by molar-refractivity contribution is -0.137. The van der Waals surface area contributed by atoms with Crippen molar-refractivity contribution in [1.82, 2.24) is 4.98 Å². The fraction of sp³-hybridized carbons (Fsp3) is 0.111. The molecule has 16 heavy (non-hydrogen) atoms. The summed E-state index contributed by atoms with van der Waals surface area (Å²) in [6, 6.07) is 3.10. The Bertz CT molecular complexity index is 448. The van der Waals surface area contributed by atoms with Gasteiger partial charge in [0.2, 0.25) is 0 Å². The fourth-order valence-corrected chi connectivity index (χ4v) is 1.25. The molecule has 0 bridgehead atoms. The lowest BCUT2D eigenvalue weighted by atomic mass is 9.97. The molecule has 1 unspecified atom stereocenters. The van der Waals surface area contributed by atoms with E-state index in [-0.39, 0.29) is 36.2 Å². The zero-order valence-electron chi connectivity index (χ0n) is 7.86. The number of Topliss-reactive ketones (excluding diaryl/α,β-unsaturated/α-hetero) is 1. The maximum absolute atomic E-state index is 11.5. The van der Waals surface area contributed by atoms with Crippen LogP contribution >= 0.6 is 24.8 Å². The number of aliphatic carboxylic acids is 1. The number of carbonyl (C=O) groups is 2. The number of pyridine rings is 1. The molecule has 1 aromatic heterocycles. The van der Waals surface area contributed by atoms with E-state index in [1.54, 1.807) is 6.07 Å². The van der Waals surface area contributed by atoms with Crippen molar-refractivity contribution >= 4 is 48.6 Å². The summed E-state index contributed by atoms with van der Waals surface area (Å²) < 4.78 is 0. The minimum atomic E-state index is -1.19. The molecule has 0 aromatic carbocycles. The Balaban J connectivity index is 0.00000112. The molecule has 5 nitrogen and oxygen atoms in total. The van der Waals surface area contributed by atoms with Crippen LogP contribution in [-0.2, 0) is 4.79 Å². The van der Waals surface area contributed by atoms with E-state index < -0.39 is 17.7 Å². The smallest absolute Gasteiger partial charge is 0.319 e. The van der Waals surface area contributed by atoms with Gasteiger partial charge in [0.25, 0.3) is 0 Å². The van der Waals surface area contributed by atoms with Crippen molar-refractivity contribution in [1.29, 1.82) is 0 Å². The Morgan fingerprint density at radius 3 is 2.69 bits per heavy atom. The number of carbonyl (C=O) groups excluding carboxylic acids is 1. The largest absolute Gasteiger partial charge is 0.480 e. The van der Waals surface area contributed by atoms with Crippen molar-refractivity contribution in [3.8, 4) is 0 Å². The minimum Gasteiger partial charge on any atom is -0.480 e. The second-order valence-electron chi connectivity index (χ2n) is 2.83. The first-order valence-corrected chi connectivity index (χ1v) is 3.96. The number of aromatic nitrogens is 1. The van der Waals surface area contributed by atoms with Crippen LogP contribution in [0.25, 0.3) is 0 Å². The van der Waals surface area contributed by atoms with Crippen LogP contribution in [0.1, 0.15) is 10.4 Å². The van der Waals surface area contributed by atoms with Crippen molar-refractivity contribution in [2.24, 2.45) is 10.9 Å². The van der Waals surface area contributed by atoms with Gasteiger partial charge < -0.3 is 5.11 Å². The van der Waals surface area contributed by atoms with Gasteiger partial charge in [-0.15, -0.1) is 24.8 Å². The first kappa shape index (κ1) is 14.5. The third-order valence-electron chi connectivity index (χ3n) is 1.95. The number of aliphatic imine (C=N–C) groups is 1. The predicted molar refractivity (Wildman–Crippen MR) is 62.3 cm³/mol. The minimum absolute atomic E-state index is 0. The number of carboxylic acids is 1. The van der Waals surface area contributed by atoms with Gasteiger partial charge in [-0.3, -0.25) is 9.59 Å². The Hall–Kier alpha value is -1.46. The summed E-state index contributed by atoms with van der Waals surface area (Å²) in [5.74, 6) is -2.54. The number of rotatable bonds is 1. The lowest BCUT2D eigenvalue weighted by Crippen LogP contribution is -2.27. The molecular formula is C9H8Cl2N2O3. The van der Waals surface area contributed by atoms with Crippen LogP contribution in [0, 0.1) is 5.92 Å². The monoisotopic (exact) mass is 262 g/mol. The standard InChI is InChI=1S/C9H6N2O3.2ClH/c12-7-5-2-1-3-10-8(5)11-4-6(7)9(13)14;;/h1-4,6H,(H,13,14);2*1H. The van der Waals surface area contributed by atoms with Crippen LogP contribution in [0.2, 0.25) is 0 Å². The van der Waals surface area contributed by atoms with E-state index >= 15 is 0 Å². The molecule has 2 heterocycles. The summed E-state index contributed by atoms with van der Waals surface area (Å²) in [5.41, 5.74) is 0.266. The zero-order valence-corrected chi connectivity index (χ0v) is 9.49. The van der Waals surface area contributed by atoms with Gasteiger partial charge in [-0.05, 0) is 12.1 Å². The molecule has 7 heteroatoms. The van der Waals surface area contributed by atoms with Gasteiger partial charge in [-0.2, -0.15) is 0 Å². The van der Waals surface area contributed by atoms with Crippen LogP contribution in [0.4, 0.5) is 5.82 Å². The molecular weight excluding hydrogens is 255 g/mol. The molecule has 1 aliphatic rings. The normalized spacial score (nSPS) is 16.8. The number of halogens is 2. The number of nitrogens with zero attached hydrogens (tertiary/aromatic N) is 2. The summed E-state index contributed by atoms with van der Waals surface area (Å²) in [6.07, 6.45) is 2.62. The fourth-order valence-electron chi connectivity index (χ4n) is 1.25. The van der Waals surface area contributed by atoms with Crippen LogP contribution in [0.3, 0.4) is 0 Å². The number of carboxylic acid groups (broad SMARTS) is 1. The molecule has 0 spiro atoms. The lowest BCUT2D eigenvalue weighted by Gasteiger charge is -2.12. The summed E-state index contributed by atoms with van der Waals surface area (Å²) in [6.45, 7) is 0. The molecule has 1 aliphatic heterocycles. The molecule has 0 saturated carbocycles. The van der Waals surface area contributed by atoms with E-state index in [0.717, 1.165) is 6.21 Å². The van der Waals surface area contributed by atoms with Gasteiger partial charge in [-0.25, -0.2) is 9.98 Å². The van der Waals surface area contributed by atoms with Crippen molar-refractivity contribution in [3.63, 3.8) is 0 Å². The van der Waals surface area contributed by atoms with Gasteiger partial charge in [0.1, 0.15) is 0 Å². The van der Waals surface area contributed by atoms with Crippen molar-refractivity contribution in [2.75, 3.05) is 0 Å². The molecule has 0 amide bonds.